The SMILES string of the molecule is CCC(C)(NC(=O)OCC1c2ccccc2-c2ccccc21)C(=O)NC1COCC1C(=O)O. The van der Waals surface area contributed by atoms with Crippen molar-refractivity contribution < 1.29 is 29.0 Å². The van der Waals surface area contributed by atoms with Crippen LogP contribution in [-0.2, 0) is 19.1 Å². The topological polar surface area (TPSA) is 114 Å². The van der Waals surface area contributed by atoms with Crippen LogP contribution in [0.25, 0.3) is 11.1 Å². The lowest BCUT2D eigenvalue weighted by Crippen LogP contribution is -2.59. The summed E-state index contributed by atoms with van der Waals surface area (Å²) < 4.78 is 10.8. The van der Waals surface area contributed by atoms with E-state index < -0.39 is 35.5 Å². The number of amides is 2. The van der Waals surface area contributed by atoms with E-state index in [1.165, 1.54) is 0 Å². The Labute approximate surface area is 192 Å². The molecule has 3 unspecified atom stereocenters. The van der Waals surface area contributed by atoms with Gasteiger partial charge in [0, 0.05) is 5.92 Å². The van der Waals surface area contributed by atoms with Crippen molar-refractivity contribution in [2.45, 2.75) is 37.8 Å². The molecule has 4 rings (SSSR count). The van der Waals surface area contributed by atoms with Gasteiger partial charge in [-0.2, -0.15) is 0 Å². The number of carboxylic acid groups (broad SMARTS) is 1. The maximum atomic E-state index is 12.9. The highest BCUT2D eigenvalue weighted by Crippen LogP contribution is 2.44. The van der Waals surface area contributed by atoms with E-state index in [1.54, 1.807) is 13.8 Å². The van der Waals surface area contributed by atoms with Crippen molar-refractivity contribution in [2.24, 2.45) is 5.92 Å². The lowest BCUT2D eigenvalue weighted by atomic mass is 9.96. The predicted molar refractivity (Wildman–Crippen MR) is 121 cm³/mol. The van der Waals surface area contributed by atoms with E-state index in [9.17, 15) is 19.5 Å². The number of fused-ring (bicyclic) bond motifs is 3. The van der Waals surface area contributed by atoms with E-state index in [4.69, 9.17) is 9.47 Å². The lowest BCUT2D eigenvalue weighted by molar-refractivity contribution is -0.142. The number of aliphatic carboxylic acids is 1. The summed E-state index contributed by atoms with van der Waals surface area (Å²) in [5.41, 5.74) is 3.21. The minimum atomic E-state index is -1.26. The molecule has 0 radical (unpaired) electrons. The second-order valence-electron chi connectivity index (χ2n) is 8.70. The van der Waals surface area contributed by atoms with E-state index >= 15 is 0 Å². The zero-order valence-electron chi connectivity index (χ0n) is 18.7. The van der Waals surface area contributed by atoms with Gasteiger partial charge in [-0.1, -0.05) is 55.5 Å². The summed E-state index contributed by atoms with van der Waals surface area (Å²) in [7, 11) is 0. The van der Waals surface area contributed by atoms with Crippen molar-refractivity contribution in [3.05, 3.63) is 59.7 Å². The number of nitrogens with one attached hydrogen (secondary N) is 2. The molecule has 0 saturated carbocycles. The number of hydrogen-bond acceptors (Lipinski definition) is 5. The number of carboxylic acids is 1. The van der Waals surface area contributed by atoms with Gasteiger partial charge in [-0.25, -0.2) is 4.79 Å². The van der Waals surface area contributed by atoms with Crippen molar-refractivity contribution in [3.63, 3.8) is 0 Å². The first-order valence-corrected chi connectivity index (χ1v) is 11.1. The molecule has 8 heteroatoms. The van der Waals surface area contributed by atoms with Gasteiger partial charge in [0.1, 0.15) is 18.1 Å². The monoisotopic (exact) mass is 452 g/mol. The van der Waals surface area contributed by atoms with Crippen LogP contribution in [0.1, 0.15) is 37.3 Å². The molecule has 1 aliphatic heterocycles. The zero-order chi connectivity index (χ0) is 23.6. The number of rotatable bonds is 7. The number of carbonyl (C=O) groups is 3. The highest BCUT2D eigenvalue weighted by Gasteiger charge is 2.40. The van der Waals surface area contributed by atoms with Crippen LogP contribution in [0.5, 0.6) is 0 Å². The fraction of sp³-hybridized carbons (Fsp3) is 0.400. The molecular weight excluding hydrogens is 424 g/mol. The van der Waals surface area contributed by atoms with Gasteiger partial charge >= 0.3 is 12.1 Å². The lowest BCUT2D eigenvalue weighted by Gasteiger charge is -2.30. The van der Waals surface area contributed by atoms with Gasteiger partial charge in [-0.05, 0) is 35.6 Å². The van der Waals surface area contributed by atoms with E-state index in [0.717, 1.165) is 22.3 Å². The Morgan fingerprint density at radius 2 is 1.67 bits per heavy atom. The second kappa shape index (κ2) is 9.23. The van der Waals surface area contributed by atoms with Gasteiger partial charge in [0.25, 0.3) is 0 Å². The summed E-state index contributed by atoms with van der Waals surface area (Å²) in [5.74, 6) is -2.40. The molecule has 2 aromatic rings. The van der Waals surface area contributed by atoms with E-state index in [1.807, 2.05) is 36.4 Å². The predicted octanol–water partition coefficient (Wildman–Crippen LogP) is 2.91. The van der Waals surface area contributed by atoms with Crippen LogP contribution in [0.2, 0.25) is 0 Å². The Balaban J connectivity index is 1.40. The van der Waals surface area contributed by atoms with Gasteiger partial charge in [-0.15, -0.1) is 0 Å². The third-order valence-electron chi connectivity index (χ3n) is 6.64. The first-order chi connectivity index (χ1) is 15.8. The van der Waals surface area contributed by atoms with Crippen LogP contribution < -0.4 is 10.6 Å². The molecule has 2 aliphatic rings. The van der Waals surface area contributed by atoms with Crippen molar-refractivity contribution in [2.75, 3.05) is 19.8 Å². The third kappa shape index (κ3) is 4.43. The Kier molecular flexibility index (Phi) is 6.37. The molecule has 1 aliphatic carbocycles. The molecule has 2 aromatic carbocycles. The number of carbonyl (C=O) groups excluding carboxylic acids is 2. The second-order valence-corrected chi connectivity index (χ2v) is 8.70. The zero-order valence-corrected chi connectivity index (χ0v) is 18.7. The molecule has 174 valence electrons. The average Bonchev–Trinajstić information content (AvgIpc) is 3.40. The maximum Gasteiger partial charge on any atom is 0.408 e. The van der Waals surface area contributed by atoms with Gasteiger partial charge in [0.05, 0.1) is 19.3 Å². The van der Waals surface area contributed by atoms with Crippen LogP contribution >= 0.6 is 0 Å². The fourth-order valence-electron chi connectivity index (χ4n) is 4.43. The maximum absolute atomic E-state index is 12.9. The summed E-state index contributed by atoms with van der Waals surface area (Å²) in [6.07, 6.45) is -0.400. The molecule has 1 fully saturated rings. The van der Waals surface area contributed by atoms with Crippen molar-refractivity contribution >= 4 is 18.0 Å². The van der Waals surface area contributed by atoms with Crippen molar-refractivity contribution in [3.8, 4) is 11.1 Å². The van der Waals surface area contributed by atoms with E-state index in [0.29, 0.717) is 6.42 Å². The average molecular weight is 453 g/mol. The fourth-order valence-corrected chi connectivity index (χ4v) is 4.43. The summed E-state index contributed by atoms with van der Waals surface area (Å²) in [5, 5.41) is 14.7. The third-order valence-corrected chi connectivity index (χ3v) is 6.64. The van der Waals surface area contributed by atoms with Crippen LogP contribution in [0.4, 0.5) is 4.79 Å². The van der Waals surface area contributed by atoms with Crippen molar-refractivity contribution in [1.82, 2.24) is 10.6 Å². The van der Waals surface area contributed by atoms with E-state index in [-0.39, 0.29) is 25.7 Å². The Hall–Kier alpha value is -3.39. The highest BCUT2D eigenvalue weighted by atomic mass is 16.5. The highest BCUT2D eigenvalue weighted by molar-refractivity contribution is 5.90. The Bertz CT molecular complexity index is 1020. The molecule has 1 heterocycles. The molecule has 3 atom stereocenters. The summed E-state index contributed by atoms with van der Waals surface area (Å²) in [6.45, 7) is 3.66. The first-order valence-electron chi connectivity index (χ1n) is 11.1. The number of hydrogen-bond donors (Lipinski definition) is 3. The molecule has 33 heavy (non-hydrogen) atoms. The Morgan fingerprint density at radius 3 is 2.24 bits per heavy atom. The van der Waals surface area contributed by atoms with Gasteiger partial charge in [-0.3, -0.25) is 9.59 Å². The summed E-state index contributed by atoms with van der Waals surface area (Å²) >= 11 is 0. The first kappa shape index (κ1) is 22.8. The number of benzene rings is 2. The number of ether oxygens (including phenoxy) is 2. The smallest absolute Gasteiger partial charge is 0.408 e. The van der Waals surface area contributed by atoms with Gasteiger partial charge < -0.3 is 25.2 Å². The minimum absolute atomic E-state index is 0.0446. The van der Waals surface area contributed by atoms with Gasteiger partial charge in [0.15, 0.2) is 0 Å². The molecular formula is C25H28N2O6. The summed E-state index contributed by atoms with van der Waals surface area (Å²) in [4.78, 5) is 36.9. The molecule has 3 N–H and O–H groups in total. The molecule has 2 amide bonds. The molecule has 8 nitrogen and oxygen atoms in total. The number of alkyl carbamates (subject to hydrolysis) is 1. The minimum Gasteiger partial charge on any atom is -0.481 e. The quantitative estimate of drug-likeness (QED) is 0.595. The van der Waals surface area contributed by atoms with Crippen molar-refractivity contribution in [1.29, 1.82) is 0 Å². The standard InChI is InChI=1S/C25H28N2O6/c1-3-25(2,23(30)26-21-14-32-12-20(21)22(28)29)27-24(31)33-13-19-17-10-6-4-8-15(17)16-9-5-7-11-18(16)19/h4-11,19-21H,3,12-14H2,1-2H3,(H,26,30)(H,27,31)(H,28,29). The van der Waals surface area contributed by atoms with Crippen LogP contribution in [0, 0.1) is 5.92 Å². The summed E-state index contributed by atoms with van der Waals surface area (Å²) in [6, 6.07) is 15.4. The van der Waals surface area contributed by atoms with Crippen LogP contribution in [0.15, 0.2) is 48.5 Å². The molecule has 0 bridgehead atoms. The largest absolute Gasteiger partial charge is 0.481 e. The van der Waals surface area contributed by atoms with Crippen LogP contribution in [0.3, 0.4) is 0 Å². The Morgan fingerprint density at radius 1 is 1.06 bits per heavy atom. The molecule has 0 aromatic heterocycles. The molecule has 1 saturated heterocycles. The normalized spacial score (nSPS) is 20.9. The van der Waals surface area contributed by atoms with Crippen LogP contribution in [-0.4, -0.2) is 54.5 Å². The van der Waals surface area contributed by atoms with Gasteiger partial charge in [0.2, 0.25) is 5.91 Å². The molecule has 0 spiro atoms. The van der Waals surface area contributed by atoms with E-state index in [2.05, 4.69) is 22.8 Å².